The Morgan fingerprint density at radius 1 is 1.15 bits per heavy atom. The number of carbonyl (C=O) groups excluding carboxylic acids is 2. The van der Waals surface area contributed by atoms with Crippen molar-refractivity contribution in [3.8, 4) is 11.5 Å². The van der Waals surface area contributed by atoms with Gasteiger partial charge < -0.3 is 14.5 Å². The number of halogens is 1. The van der Waals surface area contributed by atoms with E-state index in [0.717, 1.165) is 11.6 Å². The summed E-state index contributed by atoms with van der Waals surface area (Å²) in [5.74, 6) is -1.38. The normalized spacial score (nSPS) is 10.4. The third-order valence-electron chi connectivity index (χ3n) is 3.33. The minimum Gasteiger partial charge on any atom is -0.452 e. The van der Waals surface area contributed by atoms with Gasteiger partial charge in [0.2, 0.25) is 11.8 Å². The van der Waals surface area contributed by atoms with Crippen LogP contribution < -0.4 is 5.32 Å². The van der Waals surface area contributed by atoms with E-state index >= 15 is 0 Å². The van der Waals surface area contributed by atoms with Crippen LogP contribution >= 0.6 is 0 Å². The van der Waals surface area contributed by atoms with Gasteiger partial charge in [0.1, 0.15) is 5.82 Å². The average Bonchev–Trinajstić information content (AvgIpc) is 3.11. The summed E-state index contributed by atoms with van der Waals surface area (Å²) in [6, 6.07) is 12.7. The van der Waals surface area contributed by atoms with Gasteiger partial charge >= 0.3 is 5.97 Å². The molecule has 26 heavy (non-hydrogen) atoms. The highest BCUT2D eigenvalue weighted by molar-refractivity contribution is 5.93. The number of nitrogens with zero attached hydrogens (tertiary/aromatic N) is 2. The van der Waals surface area contributed by atoms with Crippen molar-refractivity contribution in [3.05, 3.63) is 65.8 Å². The largest absolute Gasteiger partial charge is 0.452 e. The van der Waals surface area contributed by atoms with Crippen LogP contribution in [0.15, 0.2) is 52.9 Å². The van der Waals surface area contributed by atoms with E-state index in [0.29, 0.717) is 5.89 Å². The van der Waals surface area contributed by atoms with E-state index in [-0.39, 0.29) is 23.7 Å². The molecule has 3 aromatic rings. The topological polar surface area (TPSA) is 94.3 Å². The number of carbonyl (C=O) groups is 2. The van der Waals surface area contributed by atoms with Gasteiger partial charge in [0, 0.05) is 12.5 Å². The van der Waals surface area contributed by atoms with Crippen LogP contribution in [0.4, 0.5) is 10.1 Å². The first-order chi connectivity index (χ1) is 12.5. The van der Waals surface area contributed by atoms with Crippen molar-refractivity contribution in [1.82, 2.24) is 10.2 Å². The highest BCUT2D eigenvalue weighted by Gasteiger charge is 2.14. The van der Waals surface area contributed by atoms with Gasteiger partial charge in [0.05, 0.1) is 11.3 Å². The molecular weight excluding hydrogens is 341 g/mol. The minimum atomic E-state index is -0.712. The first kappa shape index (κ1) is 17.3. The molecule has 1 aromatic heterocycles. The van der Waals surface area contributed by atoms with Gasteiger partial charge in [-0.3, -0.25) is 4.79 Å². The number of anilines is 1. The number of esters is 1. The summed E-state index contributed by atoms with van der Waals surface area (Å²) in [7, 11) is 0. The molecule has 132 valence electrons. The van der Waals surface area contributed by atoms with Crippen LogP contribution in [0.25, 0.3) is 11.5 Å². The van der Waals surface area contributed by atoms with Crippen LogP contribution in [0.1, 0.15) is 23.2 Å². The highest BCUT2D eigenvalue weighted by atomic mass is 19.1. The third-order valence-corrected chi connectivity index (χ3v) is 3.33. The number of rotatable bonds is 5. The summed E-state index contributed by atoms with van der Waals surface area (Å²) in [5.41, 5.74) is 0.727. The molecule has 0 aliphatic carbocycles. The Labute approximate surface area is 147 Å². The van der Waals surface area contributed by atoms with Gasteiger partial charge in [0.25, 0.3) is 5.89 Å². The van der Waals surface area contributed by atoms with Crippen molar-refractivity contribution in [2.75, 3.05) is 5.32 Å². The van der Waals surface area contributed by atoms with Crippen molar-refractivity contribution in [2.24, 2.45) is 0 Å². The molecular formula is C18H14FN3O4. The van der Waals surface area contributed by atoms with Crippen molar-refractivity contribution in [2.45, 2.75) is 13.5 Å². The zero-order valence-electron chi connectivity index (χ0n) is 13.7. The molecule has 0 bridgehead atoms. The molecule has 1 heterocycles. The first-order valence-electron chi connectivity index (χ1n) is 7.65. The Balaban J connectivity index is 1.66. The predicted octanol–water partition coefficient (Wildman–Crippen LogP) is 3.19. The molecule has 0 radical (unpaired) electrons. The van der Waals surface area contributed by atoms with Crippen LogP contribution in [0.5, 0.6) is 0 Å². The van der Waals surface area contributed by atoms with E-state index in [1.807, 2.05) is 30.3 Å². The predicted molar refractivity (Wildman–Crippen MR) is 89.6 cm³/mol. The lowest BCUT2D eigenvalue weighted by atomic mass is 10.2. The molecule has 1 amide bonds. The molecule has 0 aliphatic heterocycles. The van der Waals surface area contributed by atoms with Crippen molar-refractivity contribution in [1.29, 1.82) is 0 Å². The lowest BCUT2D eigenvalue weighted by molar-refractivity contribution is -0.114. The van der Waals surface area contributed by atoms with Crippen LogP contribution in [-0.4, -0.2) is 22.1 Å². The summed E-state index contributed by atoms with van der Waals surface area (Å²) in [6.07, 6.45) is 0. The van der Waals surface area contributed by atoms with Gasteiger partial charge in [-0.2, -0.15) is 0 Å². The van der Waals surface area contributed by atoms with Crippen LogP contribution in [0.3, 0.4) is 0 Å². The smallest absolute Gasteiger partial charge is 0.338 e. The van der Waals surface area contributed by atoms with Crippen LogP contribution in [0.2, 0.25) is 0 Å². The molecule has 8 heteroatoms. The number of hydrogen-bond donors (Lipinski definition) is 1. The Hall–Kier alpha value is -3.55. The molecule has 0 spiro atoms. The summed E-state index contributed by atoms with van der Waals surface area (Å²) < 4.78 is 24.1. The number of benzene rings is 2. The molecule has 0 atom stereocenters. The quantitative estimate of drug-likeness (QED) is 0.706. The molecule has 0 unspecified atom stereocenters. The van der Waals surface area contributed by atoms with Gasteiger partial charge in [-0.25, -0.2) is 9.18 Å². The maximum Gasteiger partial charge on any atom is 0.338 e. The highest BCUT2D eigenvalue weighted by Crippen LogP contribution is 2.19. The lowest BCUT2D eigenvalue weighted by Crippen LogP contribution is -2.10. The molecule has 0 saturated carbocycles. The summed E-state index contributed by atoms with van der Waals surface area (Å²) in [4.78, 5) is 23.2. The van der Waals surface area contributed by atoms with E-state index in [1.54, 1.807) is 0 Å². The fourth-order valence-corrected chi connectivity index (χ4v) is 2.16. The Kier molecular flexibility index (Phi) is 5.02. The van der Waals surface area contributed by atoms with E-state index < -0.39 is 17.7 Å². The number of nitrogens with one attached hydrogen (secondary N) is 1. The summed E-state index contributed by atoms with van der Waals surface area (Å²) >= 11 is 0. The van der Waals surface area contributed by atoms with E-state index in [1.165, 1.54) is 19.1 Å². The second-order valence-electron chi connectivity index (χ2n) is 5.32. The second-order valence-corrected chi connectivity index (χ2v) is 5.32. The summed E-state index contributed by atoms with van der Waals surface area (Å²) in [6.45, 7) is 1.01. The number of ether oxygens (including phenoxy) is 1. The Bertz CT molecular complexity index is 941. The SMILES string of the molecule is CC(=O)Nc1cc(C(=O)OCc2nnc(-c3ccccc3)o2)ccc1F. The number of amides is 1. The van der Waals surface area contributed by atoms with Crippen molar-refractivity contribution in [3.63, 3.8) is 0 Å². The first-order valence-corrected chi connectivity index (χ1v) is 7.65. The molecule has 0 aliphatic rings. The fraction of sp³-hybridized carbons (Fsp3) is 0.111. The van der Waals surface area contributed by atoms with Crippen LogP contribution in [0, 0.1) is 5.82 Å². The van der Waals surface area contributed by atoms with E-state index in [9.17, 15) is 14.0 Å². The molecule has 2 aromatic carbocycles. The lowest BCUT2D eigenvalue weighted by Gasteiger charge is -2.07. The zero-order chi connectivity index (χ0) is 18.5. The van der Waals surface area contributed by atoms with Gasteiger partial charge in [-0.05, 0) is 30.3 Å². The Morgan fingerprint density at radius 3 is 2.65 bits per heavy atom. The van der Waals surface area contributed by atoms with E-state index in [2.05, 4.69) is 15.5 Å². The Morgan fingerprint density at radius 2 is 1.92 bits per heavy atom. The van der Waals surface area contributed by atoms with Crippen molar-refractivity contribution < 1.29 is 23.1 Å². The molecule has 0 fully saturated rings. The standard InChI is InChI=1S/C18H14FN3O4/c1-11(23)20-15-9-13(7-8-14(15)19)18(24)25-10-16-21-22-17(26-16)12-5-3-2-4-6-12/h2-9H,10H2,1H3,(H,20,23). The molecule has 1 N–H and O–H groups in total. The fourth-order valence-electron chi connectivity index (χ4n) is 2.16. The maximum absolute atomic E-state index is 13.6. The maximum atomic E-state index is 13.6. The van der Waals surface area contributed by atoms with Gasteiger partial charge in [0.15, 0.2) is 6.61 Å². The average molecular weight is 355 g/mol. The molecule has 7 nitrogen and oxygen atoms in total. The molecule has 0 saturated heterocycles. The zero-order valence-corrected chi connectivity index (χ0v) is 13.7. The van der Waals surface area contributed by atoms with Crippen molar-refractivity contribution >= 4 is 17.6 Å². The van der Waals surface area contributed by atoms with E-state index in [4.69, 9.17) is 9.15 Å². The number of hydrogen-bond acceptors (Lipinski definition) is 6. The number of aromatic nitrogens is 2. The van der Waals surface area contributed by atoms with Gasteiger partial charge in [-0.1, -0.05) is 18.2 Å². The summed E-state index contributed by atoms with van der Waals surface area (Å²) in [5, 5.41) is 10.0. The monoisotopic (exact) mass is 355 g/mol. The van der Waals surface area contributed by atoms with Gasteiger partial charge in [-0.15, -0.1) is 10.2 Å². The second kappa shape index (κ2) is 7.56. The third kappa shape index (κ3) is 4.10. The van der Waals surface area contributed by atoms with Crippen LogP contribution in [-0.2, 0) is 16.1 Å². The minimum absolute atomic E-state index is 0.0814. The molecule has 3 rings (SSSR count).